The summed E-state index contributed by atoms with van der Waals surface area (Å²) in [7, 11) is 0. The molecular formula is C26H22ClFN6O4. The molecule has 4 rings (SSSR count). The van der Waals surface area contributed by atoms with Gasteiger partial charge in [-0.3, -0.25) is 9.59 Å². The van der Waals surface area contributed by atoms with Crippen molar-refractivity contribution in [2.75, 3.05) is 11.9 Å². The number of nitrogens with zero attached hydrogens (tertiary/aromatic N) is 3. The molecule has 0 fully saturated rings. The van der Waals surface area contributed by atoms with Crippen molar-refractivity contribution in [3.63, 3.8) is 0 Å². The summed E-state index contributed by atoms with van der Waals surface area (Å²) < 4.78 is 18.5. The highest BCUT2D eigenvalue weighted by molar-refractivity contribution is 6.03. The molecular weight excluding hydrogens is 515 g/mol. The van der Waals surface area contributed by atoms with Crippen molar-refractivity contribution in [2.24, 2.45) is 5.73 Å². The van der Waals surface area contributed by atoms with Gasteiger partial charge in [0, 0.05) is 41.4 Å². The summed E-state index contributed by atoms with van der Waals surface area (Å²) in [6.07, 6.45) is 1.29. The van der Waals surface area contributed by atoms with Gasteiger partial charge in [0.2, 0.25) is 5.76 Å². The number of phenols is 1. The van der Waals surface area contributed by atoms with Gasteiger partial charge in [-0.25, -0.2) is 9.37 Å². The molecule has 12 heteroatoms. The minimum Gasteiger partial charge on any atom is -0.507 e. The van der Waals surface area contributed by atoms with Crippen LogP contribution in [0.1, 0.15) is 33.4 Å². The lowest BCUT2D eigenvalue weighted by Crippen LogP contribution is -2.35. The van der Waals surface area contributed by atoms with Crippen molar-refractivity contribution in [3.8, 4) is 34.2 Å². The summed E-state index contributed by atoms with van der Waals surface area (Å²) in [4.78, 5) is 29.6. The number of pyridine rings is 1. The number of carbonyl (C=O) groups excluding carboxylic acids is 2. The van der Waals surface area contributed by atoms with Crippen molar-refractivity contribution >= 4 is 30.0 Å². The molecule has 0 saturated heterocycles. The van der Waals surface area contributed by atoms with Crippen molar-refractivity contribution in [1.29, 1.82) is 5.26 Å². The number of hydrogen-bond donors (Lipinski definition) is 4. The maximum Gasteiger partial charge on any atom is 0.295 e. The van der Waals surface area contributed by atoms with E-state index < -0.39 is 11.7 Å². The summed E-state index contributed by atoms with van der Waals surface area (Å²) in [6, 6.07) is 14.5. The summed E-state index contributed by atoms with van der Waals surface area (Å²) in [6.45, 7) is 2.03. The second kappa shape index (κ2) is 12.0. The average Bonchev–Trinajstić information content (AvgIpc) is 3.42. The van der Waals surface area contributed by atoms with Crippen molar-refractivity contribution in [3.05, 3.63) is 83.5 Å². The zero-order valence-corrected chi connectivity index (χ0v) is 20.8. The van der Waals surface area contributed by atoms with E-state index in [4.69, 9.17) is 10.3 Å². The Morgan fingerprint density at radius 3 is 2.61 bits per heavy atom. The number of nitrogens with one attached hydrogen (secondary N) is 2. The van der Waals surface area contributed by atoms with Gasteiger partial charge in [0.25, 0.3) is 11.8 Å². The Kier molecular flexibility index (Phi) is 8.75. The number of anilines is 1. The molecule has 38 heavy (non-hydrogen) atoms. The molecule has 0 bridgehead atoms. The maximum absolute atomic E-state index is 13.6. The lowest BCUT2D eigenvalue weighted by Gasteiger charge is -2.14. The highest BCUT2D eigenvalue weighted by Gasteiger charge is 2.21. The number of nitriles is 1. The first-order valence-corrected chi connectivity index (χ1v) is 11.1. The van der Waals surface area contributed by atoms with Crippen LogP contribution in [0.2, 0.25) is 0 Å². The summed E-state index contributed by atoms with van der Waals surface area (Å²) in [5.41, 5.74) is 7.10. The quantitative estimate of drug-likeness (QED) is 0.276. The fourth-order valence-electron chi connectivity index (χ4n) is 3.52. The Morgan fingerprint density at radius 2 is 1.95 bits per heavy atom. The fraction of sp³-hybridized carbons (Fsp3) is 0.115. The number of benzene rings is 2. The Bertz CT molecular complexity index is 1520. The molecule has 0 unspecified atom stereocenters. The predicted molar refractivity (Wildman–Crippen MR) is 139 cm³/mol. The molecule has 2 heterocycles. The van der Waals surface area contributed by atoms with Crippen LogP contribution < -0.4 is 16.4 Å². The van der Waals surface area contributed by atoms with E-state index in [1.807, 2.05) is 6.07 Å². The van der Waals surface area contributed by atoms with Gasteiger partial charge >= 0.3 is 0 Å². The van der Waals surface area contributed by atoms with E-state index in [-0.39, 0.29) is 65.0 Å². The second-order valence-electron chi connectivity index (χ2n) is 8.15. The van der Waals surface area contributed by atoms with E-state index in [9.17, 15) is 24.3 Å². The van der Waals surface area contributed by atoms with Crippen molar-refractivity contribution < 1.29 is 23.6 Å². The van der Waals surface area contributed by atoms with Crippen LogP contribution in [0, 0.1) is 17.1 Å². The summed E-state index contributed by atoms with van der Waals surface area (Å²) in [5, 5.41) is 29.1. The maximum atomic E-state index is 13.6. The lowest BCUT2D eigenvalue weighted by molar-refractivity contribution is 0.0950. The first kappa shape index (κ1) is 27.8. The first-order valence-electron chi connectivity index (χ1n) is 11.1. The van der Waals surface area contributed by atoms with Gasteiger partial charge in [0.1, 0.15) is 23.2 Å². The zero-order valence-electron chi connectivity index (χ0n) is 19.9. The molecule has 0 spiro atoms. The Balaban J connectivity index is 0.00000400. The van der Waals surface area contributed by atoms with Crippen LogP contribution in [0.25, 0.3) is 22.4 Å². The molecule has 0 aliphatic heterocycles. The van der Waals surface area contributed by atoms with Crippen LogP contribution in [-0.2, 0) is 0 Å². The molecule has 0 saturated carbocycles. The van der Waals surface area contributed by atoms with Crippen LogP contribution >= 0.6 is 12.4 Å². The predicted octanol–water partition coefficient (Wildman–Crippen LogP) is 3.87. The van der Waals surface area contributed by atoms with E-state index in [0.29, 0.717) is 16.7 Å². The molecule has 0 aliphatic carbocycles. The standard InChI is InChI=1S/C26H21FN6O4.ClH/c1-14(29)13-30-25(35)16-4-2-3-15(9-16)19-11-21(18-6-5-17(27)10-22(18)34)32-24(20(19)12-28)33-26(36)23-7-8-31-37-23;/h2-11,14,34H,13,29H2,1H3,(H,30,35)(H,32,33,36);1H/t14-;/m0./s1. The van der Waals surface area contributed by atoms with Gasteiger partial charge in [0.05, 0.1) is 11.9 Å². The topological polar surface area (TPSA) is 167 Å². The number of halogens is 2. The van der Waals surface area contributed by atoms with Gasteiger partial charge in [0.15, 0.2) is 5.82 Å². The third-order valence-electron chi connectivity index (χ3n) is 5.28. The largest absolute Gasteiger partial charge is 0.507 e. The SMILES string of the molecule is C[C@H](N)CNC(=O)c1cccc(-c2cc(-c3ccc(F)cc3O)nc(NC(=O)c3ccno3)c2C#N)c1.Cl. The molecule has 0 radical (unpaired) electrons. The monoisotopic (exact) mass is 536 g/mol. The second-order valence-corrected chi connectivity index (χ2v) is 8.15. The molecule has 2 amide bonds. The molecule has 2 aromatic heterocycles. The molecule has 4 aromatic rings. The zero-order chi connectivity index (χ0) is 26.5. The van der Waals surface area contributed by atoms with Crippen LogP contribution in [0.3, 0.4) is 0 Å². The van der Waals surface area contributed by atoms with Gasteiger partial charge < -0.3 is 26.0 Å². The fourth-order valence-corrected chi connectivity index (χ4v) is 3.52. The Morgan fingerprint density at radius 1 is 1.16 bits per heavy atom. The van der Waals surface area contributed by atoms with E-state index in [1.54, 1.807) is 31.2 Å². The lowest BCUT2D eigenvalue weighted by atomic mass is 9.96. The number of aromatic hydroxyl groups is 1. The van der Waals surface area contributed by atoms with Crippen LogP contribution in [0.15, 0.2) is 65.3 Å². The number of amides is 2. The average molecular weight is 537 g/mol. The normalized spacial score (nSPS) is 11.1. The van der Waals surface area contributed by atoms with E-state index in [0.717, 1.165) is 12.1 Å². The molecule has 2 aromatic carbocycles. The molecule has 194 valence electrons. The molecule has 0 aliphatic rings. The smallest absolute Gasteiger partial charge is 0.295 e. The van der Waals surface area contributed by atoms with E-state index >= 15 is 0 Å². The van der Waals surface area contributed by atoms with Gasteiger partial charge in [-0.05, 0) is 42.8 Å². The summed E-state index contributed by atoms with van der Waals surface area (Å²) in [5.74, 6) is -2.36. The van der Waals surface area contributed by atoms with E-state index in [2.05, 4.69) is 20.8 Å². The third kappa shape index (κ3) is 6.12. The minimum atomic E-state index is -0.711. The number of hydrogen-bond acceptors (Lipinski definition) is 8. The van der Waals surface area contributed by atoms with Gasteiger partial charge in [-0.15, -0.1) is 12.4 Å². The Hall–Kier alpha value is -4.79. The number of carbonyl (C=O) groups is 2. The first-order chi connectivity index (χ1) is 17.8. The number of phenolic OH excluding ortho intramolecular Hbond substituents is 1. The minimum absolute atomic E-state index is 0. The summed E-state index contributed by atoms with van der Waals surface area (Å²) >= 11 is 0. The van der Waals surface area contributed by atoms with E-state index in [1.165, 1.54) is 24.4 Å². The van der Waals surface area contributed by atoms with Crippen molar-refractivity contribution in [2.45, 2.75) is 13.0 Å². The number of rotatable bonds is 7. The van der Waals surface area contributed by atoms with Crippen LogP contribution in [-0.4, -0.2) is 39.6 Å². The highest BCUT2D eigenvalue weighted by Crippen LogP contribution is 2.36. The number of nitrogens with two attached hydrogens (primary N) is 1. The molecule has 10 nitrogen and oxygen atoms in total. The van der Waals surface area contributed by atoms with Gasteiger partial charge in [-0.1, -0.05) is 17.3 Å². The van der Waals surface area contributed by atoms with Crippen LogP contribution in [0.5, 0.6) is 5.75 Å². The number of aromatic nitrogens is 2. The highest BCUT2D eigenvalue weighted by atomic mass is 35.5. The molecule has 5 N–H and O–H groups in total. The Labute approximate surface area is 222 Å². The van der Waals surface area contributed by atoms with Crippen LogP contribution in [0.4, 0.5) is 10.2 Å². The van der Waals surface area contributed by atoms with Crippen molar-refractivity contribution in [1.82, 2.24) is 15.5 Å². The molecule has 1 atom stereocenters. The van der Waals surface area contributed by atoms with Gasteiger partial charge in [-0.2, -0.15) is 5.26 Å². The third-order valence-corrected chi connectivity index (χ3v) is 5.28.